The molecule has 0 spiro atoms. The summed E-state index contributed by atoms with van der Waals surface area (Å²) in [4.78, 5) is 39.4. The third kappa shape index (κ3) is 3.13. The minimum atomic E-state index is -0.342. The van der Waals surface area contributed by atoms with E-state index in [1.807, 2.05) is 25.1 Å². The van der Waals surface area contributed by atoms with Crippen molar-refractivity contribution in [2.45, 2.75) is 45.6 Å². The molecule has 0 unspecified atom stereocenters. The van der Waals surface area contributed by atoms with Gasteiger partial charge in [0.1, 0.15) is 13.1 Å². The van der Waals surface area contributed by atoms with Gasteiger partial charge < -0.3 is 10.2 Å². The molecule has 1 heterocycles. The van der Waals surface area contributed by atoms with Crippen molar-refractivity contribution in [1.29, 1.82) is 0 Å². The second kappa shape index (κ2) is 6.26. The van der Waals surface area contributed by atoms with E-state index in [2.05, 4.69) is 19.2 Å². The molecule has 4 amide bonds. The van der Waals surface area contributed by atoms with E-state index in [-0.39, 0.29) is 42.9 Å². The number of benzene rings is 1. The first-order chi connectivity index (χ1) is 11.4. The van der Waals surface area contributed by atoms with Crippen molar-refractivity contribution in [3.05, 3.63) is 29.3 Å². The summed E-state index contributed by atoms with van der Waals surface area (Å²) in [5.41, 5.74) is 2.78. The van der Waals surface area contributed by atoms with Gasteiger partial charge in [-0.25, -0.2) is 4.79 Å². The lowest BCUT2D eigenvalue weighted by Gasteiger charge is -2.19. The Balaban J connectivity index is 1.70. The third-order valence-electron chi connectivity index (χ3n) is 4.56. The van der Waals surface area contributed by atoms with Crippen LogP contribution in [0.5, 0.6) is 0 Å². The van der Waals surface area contributed by atoms with Gasteiger partial charge in [0, 0.05) is 11.7 Å². The molecule has 0 radical (unpaired) electrons. The maximum absolute atomic E-state index is 12.4. The second-order valence-electron chi connectivity index (χ2n) is 6.86. The molecule has 1 N–H and O–H groups in total. The smallest absolute Gasteiger partial charge is 0.324 e. The molecule has 24 heavy (non-hydrogen) atoms. The van der Waals surface area contributed by atoms with Crippen LogP contribution in [0, 0.1) is 6.92 Å². The van der Waals surface area contributed by atoms with E-state index >= 15 is 0 Å². The lowest BCUT2D eigenvalue weighted by molar-refractivity contribution is -0.129. The Kier molecular flexibility index (Phi) is 4.30. The normalized spacial score (nSPS) is 17.8. The maximum Gasteiger partial charge on any atom is 0.327 e. The van der Waals surface area contributed by atoms with Crippen molar-refractivity contribution in [3.63, 3.8) is 0 Å². The van der Waals surface area contributed by atoms with E-state index in [4.69, 9.17) is 0 Å². The van der Waals surface area contributed by atoms with Gasteiger partial charge in [-0.2, -0.15) is 0 Å². The number of nitrogens with one attached hydrogen (secondary N) is 1. The van der Waals surface area contributed by atoms with E-state index in [0.29, 0.717) is 0 Å². The van der Waals surface area contributed by atoms with Gasteiger partial charge >= 0.3 is 6.03 Å². The lowest BCUT2D eigenvalue weighted by Crippen LogP contribution is -2.39. The Bertz CT molecular complexity index is 695. The maximum atomic E-state index is 12.4. The SMILES string of the molecule is Cc1cccc(C(C)C)c1NC(=O)CN1C(=O)CN(C2CC2)C1=O. The molecule has 1 saturated heterocycles. The molecule has 2 fully saturated rings. The number of urea groups is 1. The molecule has 1 aromatic rings. The topological polar surface area (TPSA) is 69.7 Å². The van der Waals surface area contributed by atoms with Crippen LogP contribution in [0.15, 0.2) is 18.2 Å². The molecule has 6 nitrogen and oxygen atoms in total. The predicted molar refractivity (Wildman–Crippen MR) is 90.7 cm³/mol. The highest BCUT2D eigenvalue weighted by Crippen LogP contribution is 2.30. The number of rotatable bonds is 5. The Morgan fingerprint density at radius 2 is 2.00 bits per heavy atom. The van der Waals surface area contributed by atoms with E-state index < -0.39 is 0 Å². The van der Waals surface area contributed by atoms with Crippen molar-refractivity contribution in [2.24, 2.45) is 0 Å². The van der Waals surface area contributed by atoms with Crippen LogP contribution < -0.4 is 5.32 Å². The Hall–Kier alpha value is -2.37. The number of hydrogen-bond acceptors (Lipinski definition) is 3. The fourth-order valence-corrected chi connectivity index (χ4v) is 3.05. The van der Waals surface area contributed by atoms with E-state index in [1.54, 1.807) is 4.90 Å². The van der Waals surface area contributed by atoms with Crippen LogP contribution in [0.1, 0.15) is 43.7 Å². The minimum Gasteiger partial charge on any atom is -0.324 e. The van der Waals surface area contributed by atoms with Gasteiger partial charge in [0.2, 0.25) is 5.91 Å². The second-order valence-corrected chi connectivity index (χ2v) is 6.86. The van der Waals surface area contributed by atoms with Crippen LogP contribution in [-0.4, -0.2) is 46.8 Å². The largest absolute Gasteiger partial charge is 0.327 e. The first kappa shape index (κ1) is 16.5. The average molecular weight is 329 g/mol. The van der Waals surface area contributed by atoms with Crippen LogP contribution in [0.4, 0.5) is 10.5 Å². The number of amides is 4. The number of nitrogens with zero attached hydrogens (tertiary/aromatic N) is 2. The number of aryl methyl sites for hydroxylation is 1. The van der Waals surface area contributed by atoms with Crippen molar-refractivity contribution in [2.75, 3.05) is 18.4 Å². The summed E-state index contributed by atoms with van der Waals surface area (Å²) >= 11 is 0. The molecule has 1 saturated carbocycles. The molecule has 0 aromatic heterocycles. The molecule has 0 bridgehead atoms. The standard InChI is InChI=1S/C18H23N3O3/c1-11(2)14-6-4-5-12(3)17(14)19-15(22)9-21-16(23)10-20(18(21)24)13-7-8-13/h4-6,11,13H,7-10H2,1-3H3,(H,19,22). The fourth-order valence-electron chi connectivity index (χ4n) is 3.05. The summed E-state index contributed by atoms with van der Waals surface area (Å²) in [7, 11) is 0. The number of anilines is 1. The molecule has 1 aromatic carbocycles. The first-order valence-corrected chi connectivity index (χ1v) is 8.38. The van der Waals surface area contributed by atoms with Gasteiger partial charge in [-0.1, -0.05) is 32.0 Å². The predicted octanol–water partition coefficient (Wildman–Crippen LogP) is 2.48. The molecule has 1 aliphatic heterocycles. The van der Waals surface area contributed by atoms with Crippen molar-refractivity contribution < 1.29 is 14.4 Å². The quantitative estimate of drug-likeness (QED) is 0.844. The Morgan fingerprint density at radius 3 is 2.62 bits per heavy atom. The zero-order valence-corrected chi connectivity index (χ0v) is 14.3. The van der Waals surface area contributed by atoms with Crippen LogP contribution in [-0.2, 0) is 9.59 Å². The molecule has 6 heteroatoms. The molecule has 1 aliphatic carbocycles. The van der Waals surface area contributed by atoms with Gasteiger partial charge in [0.05, 0.1) is 0 Å². The lowest BCUT2D eigenvalue weighted by atomic mass is 9.98. The van der Waals surface area contributed by atoms with Gasteiger partial charge in [-0.3, -0.25) is 14.5 Å². The highest BCUT2D eigenvalue weighted by Gasteiger charge is 2.44. The van der Waals surface area contributed by atoms with Gasteiger partial charge in [0.15, 0.2) is 0 Å². The fraction of sp³-hybridized carbons (Fsp3) is 0.500. The summed E-state index contributed by atoms with van der Waals surface area (Å²) in [5.74, 6) is -0.373. The molecule has 3 rings (SSSR count). The number of para-hydroxylation sites is 1. The van der Waals surface area contributed by atoms with Gasteiger partial charge in [0.25, 0.3) is 5.91 Å². The summed E-state index contributed by atoms with van der Waals surface area (Å²) in [6.45, 7) is 5.92. The molecular weight excluding hydrogens is 306 g/mol. The number of carbonyl (C=O) groups is 3. The van der Waals surface area contributed by atoms with Crippen molar-refractivity contribution in [1.82, 2.24) is 9.80 Å². The zero-order chi connectivity index (χ0) is 17.4. The minimum absolute atomic E-state index is 0.0956. The molecule has 0 atom stereocenters. The summed E-state index contributed by atoms with van der Waals surface area (Å²) in [6, 6.07) is 5.71. The van der Waals surface area contributed by atoms with E-state index in [9.17, 15) is 14.4 Å². The summed E-state index contributed by atoms with van der Waals surface area (Å²) in [6.07, 6.45) is 1.89. The highest BCUT2D eigenvalue weighted by atomic mass is 16.2. The highest BCUT2D eigenvalue weighted by molar-refractivity contribution is 6.06. The zero-order valence-electron chi connectivity index (χ0n) is 14.3. The Morgan fingerprint density at radius 1 is 1.29 bits per heavy atom. The first-order valence-electron chi connectivity index (χ1n) is 8.38. The number of hydrogen-bond donors (Lipinski definition) is 1. The third-order valence-corrected chi connectivity index (χ3v) is 4.56. The molecule has 2 aliphatic rings. The Labute approximate surface area is 141 Å². The molecule has 128 valence electrons. The average Bonchev–Trinajstić information content (AvgIpc) is 3.32. The van der Waals surface area contributed by atoms with Crippen LogP contribution in [0.3, 0.4) is 0 Å². The monoisotopic (exact) mass is 329 g/mol. The summed E-state index contributed by atoms with van der Waals surface area (Å²) in [5, 5.41) is 2.88. The van der Waals surface area contributed by atoms with Crippen molar-refractivity contribution in [3.8, 4) is 0 Å². The van der Waals surface area contributed by atoms with E-state index in [0.717, 1.165) is 34.6 Å². The summed E-state index contributed by atoms with van der Waals surface area (Å²) < 4.78 is 0. The number of imide groups is 1. The van der Waals surface area contributed by atoms with Crippen LogP contribution in [0.2, 0.25) is 0 Å². The van der Waals surface area contributed by atoms with Crippen LogP contribution in [0.25, 0.3) is 0 Å². The van der Waals surface area contributed by atoms with Gasteiger partial charge in [-0.05, 0) is 36.8 Å². The van der Waals surface area contributed by atoms with Crippen LogP contribution >= 0.6 is 0 Å². The van der Waals surface area contributed by atoms with Gasteiger partial charge in [-0.15, -0.1) is 0 Å². The van der Waals surface area contributed by atoms with E-state index in [1.165, 1.54) is 0 Å². The molecular formula is C18H23N3O3. The number of carbonyl (C=O) groups excluding carboxylic acids is 3. The van der Waals surface area contributed by atoms with Crippen molar-refractivity contribution >= 4 is 23.5 Å².